The highest BCUT2D eigenvalue weighted by Gasteiger charge is 2.32. The monoisotopic (exact) mass is 226 g/mol. The number of nitrogens with one attached hydrogen (secondary N) is 1. The first-order valence-corrected chi connectivity index (χ1v) is 5.41. The molecule has 0 spiro atoms. The number of ether oxygens (including phenoxy) is 1. The highest BCUT2D eigenvalue weighted by atomic mass is 35.5. The van der Waals surface area contributed by atoms with E-state index in [0.29, 0.717) is 5.15 Å². The second-order valence-corrected chi connectivity index (χ2v) is 4.85. The zero-order valence-electron chi connectivity index (χ0n) is 9.01. The summed E-state index contributed by atoms with van der Waals surface area (Å²) in [6, 6.07) is 2.01. The van der Waals surface area contributed by atoms with Crippen molar-refractivity contribution in [2.45, 2.75) is 13.8 Å². The van der Waals surface area contributed by atoms with Crippen molar-refractivity contribution in [3.8, 4) is 0 Å². The molecule has 1 aromatic heterocycles. The first-order chi connectivity index (χ1) is 7.09. The minimum Gasteiger partial charge on any atom is -0.383 e. The third-order valence-corrected chi connectivity index (χ3v) is 3.03. The van der Waals surface area contributed by atoms with E-state index < -0.39 is 0 Å². The Morgan fingerprint density at radius 1 is 1.60 bits per heavy atom. The van der Waals surface area contributed by atoms with Gasteiger partial charge in [-0.2, -0.15) is 0 Å². The molecule has 1 fully saturated rings. The maximum absolute atomic E-state index is 5.85. The van der Waals surface area contributed by atoms with E-state index in [1.165, 1.54) is 0 Å². The number of halogens is 1. The molecule has 0 amide bonds. The smallest absolute Gasteiger partial charge is 0.132 e. The third kappa shape index (κ3) is 2.41. The topological polar surface area (TPSA) is 34.1 Å². The van der Waals surface area contributed by atoms with E-state index in [9.17, 15) is 0 Å². The zero-order valence-corrected chi connectivity index (χ0v) is 9.77. The zero-order chi connectivity index (χ0) is 10.9. The van der Waals surface area contributed by atoms with Crippen molar-refractivity contribution in [3.05, 3.63) is 23.0 Å². The molecule has 0 aromatic carbocycles. The molecule has 0 unspecified atom stereocenters. The normalized spacial score (nSPS) is 18.3. The van der Waals surface area contributed by atoms with E-state index in [0.717, 1.165) is 31.0 Å². The van der Waals surface area contributed by atoms with Crippen LogP contribution in [-0.2, 0) is 4.74 Å². The molecular weight excluding hydrogens is 212 g/mol. The Hall–Kier alpha value is -0.800. The van der Waals surface area contributed by atoms with Crippen molar-refractivity contribution < 1.29 is 4.74 Å². The van der Waals surface area contributed by atoms with Gasteiger partial charge in [0.05, 0.1) is 25.1 Å². The summed E-state index contributed by atoms with van der Waals surface area (Å²) in [5, 5.41) is 3.92. The summed E-state index contributed by atoms with van der Waals surface area (Å²) in [4.78, 5) is 4.09. The van der Waals surface area contributed by atoms with Gasteiger partial charge in [-0.15, -0.1) is 0 Å². The second kappa shape index (κ2) is 3.99. The minimum atomic E-state index is 0.271. The van der Waals surface area contributed by atoms with E-state index in [-0.39, 0.29) is 5.41 Å². The molecule has 0 atom stereocenters. The predicted octanol–water partition coefficient (Wildman–Crippen LogP) is 2.49. The molecule has 1 aliphatic rings. The Morgan fingerprint density at radius 3 is 2.87 bits per heavy atom. The number of nitrogens with zero attached hydrogens (tertiary/aromatic N) is 1. The molecular formula is C11H15ClN2O. The minimum absolute atomic E-state index is 0.271. The number of aryl methyl sites for hydroxylation is 1. The quantitative estimate of drug-likeness (QED) is 0.805. The number of hydrogen-bond acceptors (Lipinski definition) is 3. The average Bonchev–Trinajstić information content (AvgIpc) is 2.17. The fourth-order valence-corrected chi connectivity index (χ4v) is 1.63. The van der Waals surface area contributed by atoms with Crippen molar-refractivity contribution in [2.75, 3.05) is 25.1 Å². The van der Waals surface area contributed by atoms with Crippen LogP contribution in [0.4, 0.5) is 5.69 Å². The molecule has 1 N–H and O–H groups in total. The van der Waals surface area contributed by atoms with Gasteiger partial charge in [-0.05, 0) is 18.6 Å². The van der Waals surface area contributed by atoms with Gasteiger partial charge in [0.2, 0.25) is 0 Å². The highest BCUT2D eigenvalue weighted by molar-refractivity contribution is 6.30. The summed E-state index contributed by atoms with van der Waals surface area (Å²) in [7, 11) is 0. The van der Waals surface area contributed by atoms with Crippen LogP contribution in [0.15, 0.2) is 12.3 Å². The average molecular weight is 227 g/mol. The van der Waals surface area contributed by atoms with Crippen molar-refractivity contribution >= 4 is 17.3 Å². The number of rotatable bonds is 3. The largest absolute Gasteiger partial charge is 0.383 e. The van der Waals surface area contributed by atoms with Crippen LogP contribution in [0.25, 0.3) is 0 Å². The Bertz CT molecular complexity index is 364. The van der Waals surface area contributed by atoms with Crippen molar-refractivity contribution in [2.24, 2.45) is 5.41 Å². The number of pyridine rings is 1. The highest BCUT2D eigenvalue weighted by Crippen LogP contribution is 2.27. The van der Waals surface area contributed by atoms with Crippen molar-refractivity contribution in [1.82, 2.24) is 4.98 Å². The van der Waals surface area contributed by atoms with E-state index in [2.05, 4.69) is 17.2 Å². The summed E-state index contributed by atoms with van der Waals surface area (Å²) < 4.78 is 5.19. The maximum atomic E-state index is 5.85. The Kier molecular flexibility index (Phi) is 2.85. The number of aromatic nitrogens is 1. The lowest BCUT2D eigenvalue weighted by Crippen LogP contribution is -2.45. The van der Waals surface area contributed by atoms with Gasteiger partial charge < -0.3 is 10.1 Å². The lowest BCUT2D eigenvalue weighted by atomic mass is 9.89. The van der Waals surface area contributed by atoms with E-state index in [1.807, 2.05) is 13.0 Å². The van der Waals surface area contributed by atoms with Gasteiger partial charge in [0.25, 0.3) is 0 Å². The molecule has 1 saturated heterocycles. The Labute approximate surface area is 94.8 Å². The molecule has 0 bridgehead atoms. The fraction of sp³-hybridized carbons (Fsp3) is 0.545. The van der Waals surface area contributed by atoms with E-state index in [1.54, 1.807) is 6.20 Å². The van der Waals surface area contributed by atoms with E-state index >= 15 is 0 Å². The molecule has 0 radical (unpaired) electrons. The fourth-order valence-electron chi connectivity index (χ4n) is 1.52. The lowest BCUT2D eigenvalue weighted by Gasteiger charge is -2.38. The molecule has 0 aliphatic carbocycles. The Balaban J connectivity index is 1.96. The molecule has 1 aromatic rings. The second-order valence-electron chi connectivity index (χ2n) is 4.49. The van der Waals surface area contributed by atoms with Gasteiger partial charge in [0, 0.05) is 12.0 Å². The number of hydrogen-bond donors (Lipinski definition) is 1. The maximum Gasteiger partial charge on any atom is 0.132 e. The van der Waals surface area contributed by atoms with Crippen LogP contribution in [-0.4, -0.2) is 24.7 Å². The van der Waals surface area contributed by atoms with Crippen LogP contribution < -0.4 is 5.32 Å². The van der Waals surface area contributed by atoms with Gasteiger partial charge in [-0.1, -0.05) is 18.5 Å². The molecule has 0 saturated carbocycles. The van der Waals surface area contributed by atoms with E-state index in [4.69, 9.17) is 16.3 Å². The summed E-state index contributed by atoms with van der Waals surface area (Å²) in [5.41, 5.74) is 2.29. The van der Waals surface area contributed by atoms with Gasteiger partial charge in [0.1, 0.15) is 5.15 Å². The summed E-state index contributed by atoms with van der Waals surface area (Å²) in [6.07, 6.45) is 1.76. The first kappa shape index (κ1) is 10.7. The van der Waals surface area contributed by atoms with Gasteiger partial charge >= 0.3 is 0 Å². The number of anilines is 1. The van der Waals surface area contributed by atoms with Gasteiger partial charge in [0.15, 0.2) is 0 Å². The molecule has 3 nitrogen and oxygen atoms in total. The Morgan fingerprint density at radius 2 is 2.33 bits per heavy atom. The third-order valence-electron chi connectivity index (χ3n) is 2.63. The predicted molar refractivity (Wildman–Crippen MR) is 61.4 cm³/mol. The molecule has 82 valence electrons. The van der Waals surface area contributed by atoms with Gasteiger partial charge in [-0.3, -0.25) is 0 Å². The molecule has 1 aliphatic heterocycles. The summed E-state index contributed by atoms with van der Waals surface area (Å²) in [5.74, 6) is 0. The van der Waals surface area contributed by atoms with Crippen LogP contribution in [0.5, 0.6) is 0 Å². The summed E-state index contributed by atoms with van der Waals surface area (Å²) >= 11 is 5.85. The first-order valence-electron chi connectivity index (χ1n) is 5.03. The van der Waals surface area contributed by atoms with Gasteiger partial charge in [-0.25, -0.2) is 4.98 Å². The molecule has 15 heavy (non-hydrogen) atoms. The van der Waals surface area contributed by atoms with Crippen LogP contribution in [0.1, 0.15) is 12.5 Å². The standard InChI is InChI=1S/C11H15ClN2O/c1-8-3-9(4-13-10(8)12)14-5-11(2)6-15-7-11/h3-4,14H,5-7H2,1-2H3. The van der Waals surface area contributed by atoms with Crippen molar-refractivity contribution in [1.29, 1.82) is 0 Å². The van der Waals surface area contributed by atoms with Crippen LogP contribution >= 0.6 is 11.6 Å². The molecule has 2 heterocycles. The van der Waals surface area contributed by atoms with Crippen LogP contribution in [0, 0.1) is 12.3 Å². The van der Waals surface area contributed by atoms with Crippen LogP contribution in [0.2, 0.25) is 5.15 Å². The molecule has 2 rings (SSSR count). The van der Waals surface area contributed by atoms with Crippen molar-refractivity contribution in [3.63, 3.8) is 0 Å². The molecule has 4 heteroatoms. The lowest BCUT2D eigenvalue weighted by molar-refractivity contribution is -0.0924. The summed E-state index contributed by atoms with van der Waals surface area (Å²) in [6.45, 7) is 6.74. The van der Waals surface area contributed by atoms with Crippen LogP contribution in [0.3, 0.4) is 0 Å². The SMILES string of the molecule is Cc1cc(NCC2(C)COC2)cnc1Cl.